The highest BCUT2D eigenvalue weighted by Crippen LogP contribution is 2.25. The van der Waals surface area contributed by atoms with Crippen LogP contribution in [0.2, 0.25) is 5.02 Å². The maximum atomic E-state index is 12.1. The van der Waals surface area contributed by atoms with Gasteiger partial charge in [-0.15, -0.1) is 0 Å². The maximum Gasteiger partial charge on any atom is 0.164 e. The molecule has 0 amide bonds. The standard InChI is InChI=1S/C14H17Cl2NO/c15-13-4-2-1-3-12(13)14(18)6-5-11-7-9-17(16)10-8-11/h1-4,11H,5-10H2. The maximum absolute atomic E-state index is 12.1. The Morgan fingerprint density at radius 2 is 1.94 bits per heavy atom. The quantitative estimate of drug-likeness (QED) is 0.611. The molecule has 4 heteroatoms. The molecule has 2 nitrogen and oxygen atoms in total. The van der Waals surface area contributed by atoms with Crippen molar-refractivity contribution in [2.24, 2.45) is 5.92 Å². The Morgan fingerprint density at radius 1 is 1.28 bits per heavy atom. The molecule has 1 fully saturated rings. The first-order chi connectivity index (χ1) is 8.66. The zero-order valence-corrected chi connectivity index (χ0v) is 11.8. The molecule has 0 radical (unpaired) electrons. The van der Waals surface area contributed by atoms with Gasteiger partial charge in [-0.25, -0.2) is 4.42 Å². The van der Waals surface area contributed by atoms with Crippen LogP contribution in [0.25, 0.3) is 0 Å². The third-order valence-corrected chi connectivity index (χ3v) is 4.18. The monoisotopic (exact) mass is 285 g/mol. The number of ketones is 1. The summed E-state index contributed by atoms with van der Waals surface area (Å²) in [4.78, 5) is 12.1. The van der Waals surface area contributed by atoms with Crippen molar-refractivity contribution >= 4 is 29.2 Å². The number of rotatable bonds is 4. The van der Waals surface area contributed by atoms with Gasteiger partial charge >= 0.3 is 0 Å². The van der Waals surface area contributed by atoms with Crippen LogP contribution in [0.15, 0.2) is 24.3 Å². The fourth-order valence-corrected chi connectivity index (χ4v) is 2.78. The molecular formula is C14H17Cl2NO. The van der Waals surface area contributed by atoms with Gasteiger partial charge in [-0.3, -0.25) is 4.79 Å². The van der Waals surface area contributed by atoms with Crippen LogP contribution < -0.4 is 0 Å². The van der Waals surface area contributed by atoms with E-state index in [-0.39, 0.29) is 5.78 Å². The highest BCUT2D eigenvalue weighted by atomic mass is 35.5. The Morgan fingerprint density at radius 3 is 2.61 bits per heavy atom. The molecule has 1 saturated heterocycles. The molecule has 0 saturated carbocycles. The topological polar surface area (TPSA) is 20.3 Å². The van der Waals surface area contributed by atoms with Crippen LogP contribution in [0.4, 0.5) is 0 Å². The molecule has 1 aromatic rings. The zero-order chi connectivity index (χ0) is 13.0. The number of carbonyl (C=O) groups is 1. The average Bonchev–Trinajstić information content (AvgIpc) is 2.38. The molecule has 0 spiro atoms. The van der Waals surface area contributed by atoms with Gasteiger partial charge in [0.05, 0.1) is 5.02 Å². The first-order valence-electron chi connectivity index (χ1n) is 6.35. The largest absolute Gasteiger partial charge is 0.294 e. The third-order valence-electron chi connectivity index (χ3n) is 3.51. The summed E-state index contributed by atoms with van der Waals surface area (Å²) in [5.74, 6) is 0.764. The summed E-state index contributed by atoms with van der Waals surface area (Å²) in [6.07, 6.45) is 3.68. The fraction of sp³-hybridized carbons (Fsp3) is 0.500. The smallest absolute Gasteiger partial charge is 0.164 e. The van der Waals surface area contributed by atoms with Crippen molar-refractivity contribution in [3.63, 3.8) is 0 Å². The van der Waals surface area contributed by atoms with Crippen molar-refractivity contribution in [3.8, 4) is 0 Å². The summed E-state index contributed by atoms with van der Waals surface area (Å²) in [6, 6.07) is 7.26. The summed E-state index contributed by atoms with van der Waals surface area (Å²) in [6.45, 7) is 1.85. The van der Waals surface area contributed by atoms with Crippen molar-refractivity contribution in [1.29, 1.82) is 0 Å². The minimum atomic E-state index is 0.147. The molecule has 0 aromatic heterocycles. The molecule has 0 N–H and O–H groups in total. The Labute approximate surface area is 118 Å². The summed E-state index contributed by atoms with van der Waals surface area (Å²) in [5.41, 5.74) is 0.647. The van der Waals surface area contributed by atoms with Gasteiger partial charge in [0, 0.05) is 25.1 Å². The van der Waals surface area contributed by atoms with Gasteiger partial charge in [-0.2, -0.15) is 0 Å². The van der Waals surface area contributed by atoms with Crippen LogP contribution in [-0.4, -0.2) is 23.3 Å². The van der Waals surface area contributed by atoms with E-state index in [0.717, 1.165) is 32.4 Å². The predicted octanol–water partition coefficient (Wildman–Crippen LogP) is 4.17. The summed E-state index contributed by atoms with van der Waals surface area (Å²) in [7, 11) is 0. The second-order valence-corrected chi connectivity index (χ2v) is 5.68. The SMILES string of the molecule is O=C(CCC1CCN(Cl)CC1)c1ccccc1Cl. The molecule has 0 bridgehead atoms. The van der Waals surface area contributed by atoms with E-state index in [4.69, 9.17) is 23.4 Å². The third kappa shape index (κ3) is 3.71. The molecule has 0 aliphatic carbocycles. The van der Waals surface area contributed by atoms with Crippen molar-refractivity contribution in [3.05, 3.63) is 34.9 Å². The van der Waals surface area contributed by atoms with Gasteiger partial charge in [-0.05, 0) is 49.1 Å². The Bertz CT molecular complexity index is 414. The number of hydrogen-bond donors (Lipinski definition) is 0. The summed E-state index contributed by atoms with van der Waals surface area (Å²) in [5, 5.41) is 0.554. The van der Waals surface area contributed by atoms with Crippen LogP contribution in [0.5, 0.6) is 0 Å². The molecule has 1 aliphatic rings. The van der Waals surface area contributed by atoms with Gasteiger partial charge in [0.25, 0.3) is 0 Å². The highest BCUT2D eigenvalue weighted by Gasteiger charge is 2.19. The van der Waals surface area contributed by atoms with Crippen LogP contribution in [0.1, 0.15) is 36.0 Å². The van der Waals surface area contributed by atoms with E-state index >= 15 is 0 Å². The van der Waals surface area contributed by atoms with Gasteiger partial charge < -0.3 is 0 Å². The second-order valence-electron chi connectivity index (χ2n) is 4.79. The molecule has 1 aromatic carbocycles. The van der Waals surface area contributed by atoms with Gasteiger partial charge in [0.1, 0.15) is 0 Å². The van der Waals surface area contributed by atoms with Crippen LogP contribution in [0.3, 0.4) is 0 Å². The van der Waals surface area contributed by atoms with Crippen molar-refractivity contribution in [2.45, 2.75) is 25.7 Å². The number of benzene rings is 1. The first kappa shape index (κ1) is 13.9. The van der Waals surface area contributed by atoms with E-state index in [2.05, 4.69) is 0 Å². The second kappa shape index (κ2) is 6.55. The van der Waals surface area contributed by atoms with E-state index in [1.807, 2.05) is 16.6 Å². The van der Waals surface area contributed by atoms with Gasteiger partial charge in [0.2, 0.25) is 0 Å². The van der Waals surface area contributed by atoms with Crippen molar-refractivity contribution in [2.75, 3.05) is 13.1 Å². The molecule has 1 aliphatic heterocycles. The first-order valence-corrected chi connectivity index (χ1v) is 7.07. The van der Waals surface area contributed by atoms with Crippen LogP contribution in [-0.2, 0) is 0 Å². The Balaban J connectivity index is 1.84. The van der Waals surface area contributed by atoms with E-state index in [0.29, 0.717) is 22.9 Å². The van der Waals surface area contributed by atoms with Crippen LogP contribution >= 0.6 is 23.4 Å². The molecular weight excluding hydrogens is 269 g/mol. The predicted molar refractivity (Wildman–Crippen MR) is 75.2 cm³/mol. The normalized spacial score (nSPS) is 17.9. The lowest BCUT2D eigenvalue weighted by atomic mass is 9.91. The van der Waals surface area contributed by atoms with Crippen LogP contribution in [0, 0.1) is 5.92 Å². The highest BCUT2D eigenvalue weighted by molar-refractivity contribution is 6.33. The molecule has 98 valence electrons. The number of hydrogen-bond acceptors (Lipinski definition) is 2. The lowest BCUT2D eigenvalue weighted by Gasteiger charge is -2.26. The lowest BCUT2D eigenvalue weighted by Crippen LogP contribution is -2.26. The molecule has 0 atom stereocenters. The number of carbonyl (C=O) groups excluding carboxylic acids is 1. The number of piperidine rings is 1. The molecule has 1 heterocycles. The minimum Gasteiger partial charge on any atom is -0.294 e. The van der Waals surface area contributed by atoms with Gasteiger partial charge in [-0.1, -0.05) is 23.7 Å². The van der Waals surface area contributed by atoms with Gasteiger partial charge in [0.15, 0.2) is 5.78 Å². The van der Waals surface area contributed by atoms with E-state index in [1.54, 1.807) is 12.1 Å². The van der Waals surface area contributed by atoms with E-state index < -0.39 is 0 Å². The Kier molecular flexibility index (Phi) is 5.04. The van der Waals surface area contributed by atoms with E-state index in [1.165, 1.54) is 0 Å². The average molecular weight is 286 g/mol. The van der Waals surface area contributed by atoms with Crippen molar-refractivity contribution < 1.29 is 4.79 Å². The number of nitrogens with zero attached hydrogens (tertiary/aromatic N) is 1. The molecule has 2 rings (SSSR count). The minimum absolute atomic E-state index is 0.147. The molecule has 0 unspecified atom stereocenters. The fourth-order valence-electron chi connectivity index (χ4n) is 2.35. The van der Waals surface area contributed by atoms with Crippen molar-refractivity contribution in [1.82, 2.24) is 4.42 Å². The van der Waals surface area contributed by atoms with E-state index in [9.17, 15) is 4.79 Å². The Hall–Kier alpha value is -0.570. The molecule has 18 heavy (non-hydrogen) atoms. The summed E-state index contributed by atoms with van der Waals surface area (Å²) < 4.78 is 1.83. The zero-order valence-electron chi connectivity index (χ0n) is 10.2. The summed E-state index contributed by atoms with van der Waals surface area (Å²) >= 11 is 11.9. The number of Topliss-reactive ketones (excluding diaryl/α,β-unsaturated/α-hetero) is 1. The number of halogens is 2. The lowest BCUT2D eigenvalue weighted by molar-refractivity contribution is 0.0968.